The summed E-state index contributed by atoms with van der Waals surface area (Å²) in [6, 6.07) is 5.89. The van der Waals surface area contributed by atoms with Crippen LogP contribution in [0.2, 0.25) is 5.02 Å². The fourth-order valence-electron chi connectivity index (χ4n) is 4.84. The molecule has 2 aliphatic rings. The Balaban J connectivity index is 1.89. The number of phenols is 1. The first kappa shape index (κ1) is 21.1. The van der Waals surface area contributed by atoms with Crippen LogP contribution in [0.25, 0.3) is 22.0 Å². The maximum Gasteiger partial charge on any atom is 0.350 e. The molecule has 6 nitrogen and oxygen atoms in total. The van der Waals surface area contributed by atoms with Gasteiger partial charge in [0.2, 0.25) is 0 Å². The average molecular weight is 458 g/mol. The summed E-state index contributed by atoms with van der Waals surface area (Å²) in [6.07, 6.45) is 3.03. The Labute approximate surface area is 190 Å². The summed E-state index contributed by atoms with van der Waals surface area (Å²) >= 11 is 6.80. The number of phenolic OH excluding ortho intramolecular Hbond substituents is 1. The first-order chi connectivity index (χ1) is 15.4. The lowest BCUT2D eigenvalue weighted by atomic mass is 10.00. The molecule has 5 rings (SSSR count). The molecule has 0 radical (unpaired) electrons. The third-order valence-electron chi connectivity index (χ3n) is 6.27. The molecule has 2 aromatic carbocycles. The van der Waals surface area contributed by atoms with Crippen molar-refractivity contribution in [3.8, 4) is 22.6 Å². The number of rotatable bonds is 3. The monoisotopic (exact) mass is 457 g/mol. The van der Waals surface area contributed by atoms with E-state index in [-0.39, 0.29) is 34.0 Å². The molecule has 0 saturated carbocycles. The van der Waals surface area contributed by atoms with Gasteiger partial charge in [-0.25, -0.2) is 9.18 Å². The van der Waals surface area contributed by atoms with Crippen molar-refractivity contribution in [3.63, 3.8) is 0 Å². The van der Waals surface area contributed by atoms with Crippen LogP contribution in [0.1, 0.15) is 33.1 Å². The molecule has 0 bridgehead atoms. The van der Waals surface area contributed by atoms with Crippen LogP contribution in [0.5, 0.6) is 11.5 Å². The van der Waals surface area contributed by atoms with Gasteiger partial charge in [0, 0.05) is 18.7 Å². The predicted octanol–water partition coefficient (Wildman–Crippen LogP) is 4.97. The van der Waals surface area contributed by atoms with Gasteiger partial charge in [-0.1, -0.05) is 31.5 Å². The molecule has 8 heteroatoms. The average Bonchev–Trinajstić information content (AvgIpc) is 2.91. The number of nitrogens with zero attached hydrogens (tertiary/aromatic N) is 3. The second-order valence-electron chi connectivity index (χ2n) is 8.97. The summed E-state index contributed by atoms with van der Waals surface area (Å²) in [4.78, 5) is 19.8. The first-order valence-corrected chi connectivity index (χ1v) is 11.4. The van der Waals surface area contributed by atoms with Gasteiger partial charge < -0.3 is 14.7 Å². The number of piperidine rings is 1. The quantitative estimate of drug-likeness (QED) is 0.601. The van der Waals surface area contributed by atoms with Crippen molar-refractivity contribution in [1.29, 1.82) is 0 Å². The van der Waals surface area contributed by atoms with Gasteiger partial charge in [-0.3, -0.25) is 4.57 Å². The van der Waals surface area contributed by atoms with Crippen molar-refractivity contribution in [2.24, 2.45) is 5.92 Å². The number of ether oxygens (including phenoxy) is 1. The number of aromatic hydroxyl groups is 1. The molecule has 0 spiro atoms. The number of halogens is 2. The van der Waals surface area contributed by atoms with Gasteiger partial charge in [-0.05, 0) is 43.4 Å². The standard InChI is InChI=1S/C24H25ClFN3O3/c1-13(2)11-29-17-10-15(19-16(26)7-5-8-18(19)30)21(25)22-20(17)23(27-24(29)31)28-9-4-3-6-14(28)12-32-22/h5,7-8,10,13-14,30H,3-4,6,9,11-12H2,1-2H3/t14-/m0/s1. The van der Waals surface area contributed by atoms with E-state index in [0.717, 1.165) is 25.8 Å². The largest absolute Gasteiger partial charge is 0.507 e. The number of hydrogen-bond acceptors (Lipinski definition) is 5. The molecule has 1 N–H and O–H groups in total. The van der Waals surface area contributed by atoms with E-state index in [1.54, 1.807) is 10.6 Å². The van der Waals surface area contributed by atoms with Crippen molar-refractivity contribution < 1.29 is 14.2 Å². The number of anilines is 1. The lowest BCUT2D eigenvalue weighted by molar-refractivity contribution is 0.268. The fourth-order valence-corrected chi connectivity index (χ4v) is 5.14. The zero-order valence-corrected chi connectivity index (χ0v) is 18.8. The zero-order valence-electron chi connectivity index (χ0n) is 18.1. The summed E-state index contributed by atoms with van der Waals surface area (Å²) in [7, 11) is 0. The van der Waals surface area contributed by atoms with Gasteiger partial charge in [0.1, 0.15) is 24.0 Å². The van der Waals surface area contributed by atoms with E-state index >= 15 is 0 Å². The van der Waals surface area contributed by atoms with Gasteiger partial charge in [0.25, 0.3) is 0 Å². The van der Waals surface area contributed by atoms with Gasteiger partial charge in [-0.15, -0.1) is 0 Å². The summed E-state index contributed by atoms with van der Waals surface area (Å²) < 4.78 is 22.6. The van der Waals surface area contributed by atoms with E-state index in [1.165, 1.54) is 18.2 Å². The van der Waals surface area contributed by atoms with Crippen LogP contribution in [0.3, 0.4) is 0 Å². The minimum Gasteiger partial charge on any atom is -0.507 e. The highest BCUT2D eigenvalue weighted by Gasteiger charge is 2.33. The molecule has 168 valence electrons. The van der Waals surface area contributed by atoms with Gasteiger partial charge in [0.15, 0.2) is 5.75 Å². The van der Waals surface area contributed by atoms with E-state index in [1.807, 2.05) is 13.8 Å². The second-order valence-corrected chi connectivity index (χ2v) is 9.35. The molecule has 0 unspecified atom stereocenters. The Kier molecular flexibility index (Phi) is 5.24. The van der Waals surface area contributed by atoms with Gasteiger partial charge in [0.05, 0.1) is 27.5 Å². The summed E-state index contributed by atoms with van der Waals surface area (Å²) in [5.74, 6) is 0.319. The van der Waals surface area contributed by atoms with Crippen molar-refractivity contribution in [2.75, 3.05) is 18.1 Å². The van der Waals surface area contributed by atoms with Crippen LogP contribution in [0.4, 0.5) is 10.2 Å². The highest BCUT2D eigenvalue weighted by molar-refractivity contribution is 6.36. The molecular formula is C24H25ClFN3O3. The highest BCUT2D eigenvalue weighted by Crippen LogP contribution is 2.48. The minimum absolute atomic E-state index is 0.0110. The Morgan fingerprint density at radius 2 is 2.16 bits per heavy atom. The van der Waals surface area contributed by atoms with Crippen LogP contribution in [0.15, 0.2) is 29.1 Å². The molecule has 1 saturated heterocycles. The van der Waals surface area contributed by atoms with Crippen molar-refractivity contribution in [2.45, 2.75) is 45.7 Å². The molecular weight excluding hydrogens is 433 g/mol. The Bertz CT molecular complexity index is 1250. The van der Waals surface area contributed by atoms with Crippen LogP contribution >= 0.6 is 11.6 Å². The highest BCUT2D eigenvalue weighted by atomic mass is 35.5. The number of hydrogen-bond donors (Lipinski definition) is 1. The van der Waals surface area contributed by atoms with Crippen molar-refractivity contribution in [3.05, 3.63) is 45.6 Å². The molecule has 1 fully saturated rings. The van der Waals surface area contributed by atoms with E-state index < -0.39 is 5.82 Å². The molecule has 0 aliphatic carbocycles. The third-order valence-corrected chi connectivity index (χ3v) is 6.65. The summed E-state index contributed by atoms with van der Waals surface area (Å²) in [6.45, 7) is 5.66. The van der Waals surface area contributed by atoms with E-state index in [2.05, 4.69) is 9.88 Å². The summed E-state index contributed by atoms with van der Waals surface area (Å²) in [5.41, 5.74) is 0.503. The Morgan fingerprint density at radius 1 is 1.34 bits per heavy atom. The van der Waals surface area contributed by atoms with Gasteiger partial charge >= 0.3 is 5.69 Å². The van der Waals surface area contributed by atoms with Crippen molar-refractivity contribution >= 4 is 28.3 Å². The predicted molar refractivity (Wildman–Crippen MR) is 123 cm³/mol. The van der Waals surface area contributed by atoms with E-state index in [9.17, 15) is 14.3 Å². The van der Waals surface area contributed by atoms with Crippen LogP contribution in [-0.4, -0.2) is 33.9 Å². The van der Waals surface area contributed by atoms with Gasteiger partial charge in [-0.2, -0.15) is 4.98 Å². The molecule has 3 aromatic rings. The zero-order chi connectivity index (χ0) is 22.6. The molecule has 32 heavy (non-hydrogen) atoms. The smallest absolute Gasteiger partial charge is 0.350 e. The second kappa shape index (κ2) is 7.96. The minimum atomic E-state index is -0.600. The van der Waals surface area contributed by atoms with Crippen LogP contribution in [0, 0.1) is 11.7 Å². The Hall–Kier alpha value is -2.80. The lowest BCUT2D eigenvalue weighted by Gasteiger charge is -2.35. The summed E-state index contributed by atoms with van der Waals surface area (Å²) in [5, 5.41) is 11.3. The Morgan fingerprint density at radius 3 is 2.91 bits per heavy atom. The molecule has 2 aliphatic heterocycles. The normalized spacial score (nSPS) is 17.9. The van der Waals surface area contributed by atoms with E-state index in [4.69, 9.17) is 16.3 Å². The molecule has 1 atom stereocenters. The SMILES string of the molecule is CC(C)Cn1c(=O)nc2c3c(c(Cl)c(-c4c(O)cccc4F)cc31)OC[C@@H]1CCCCN21. The van der Waals surface area contributed by atoms with Crippen LogP contribution in [-0.2, 0) is 6.54 Å². The number of benzene rings is 2. The number of fused-ring (bicyclic) bond motifs is 2. The first-order valence-electron chi connectivity index (χ1n) is 11.0. The maximum atomic E-state index is 14.8. The maximum absolute atomic E-state index is 14.8. The lowest BCUT2D eigenvalue weighted by Crippen LogP contribution is -2.43. The van der Waals surface area contributed by atoms with Crippen molar-refractivity contribution in [1.82, 2.24) is 9.55 Å². The number of aromatic nitrogens is 2. The molecule has 1 aromatic heterocycles. The van der Waals surface area contributed by atoms with Crippen LogP contribution < -0.4 is 15.3 Å². The third kappa shape index (κ3) is 3.30. The molecule has 0 amide bonds. The fraction of sp³-hybridized carbons (Fsp3) is 0.417. The molecule has 3 heterocycles. The van der Waals surface area contributed by atoms with E-state index in [0.29, 0.717) is 41.2 Å². The topological polar surface area (TPSA) is 67.6 Å².